The number of nitrogens with zero attached hydrogens (tertiary/aromatic N) is 4. The molecule has 5 rings (SSSR count). The van der Waals surface area contributed by atoms with Gasteiger partial charge in [0.25, 0.3) is 11.8 Å². The molecule has 1 aromatic rings. The summed E-state index contributed by atoms with van der Waals surface area (Å²) in [4.78, 5) is 70.7. The van der Waals surface area contributed by atoms with Gasteiger partial charge in [0.2, 0.25) is 11.8 Å². The first kappa shape index (κ1) is 24.1. The summed E-state index contributed by atoms with van der Waals surface area (Å²) in [6.07, 6.45) is 3.12. The van der Waals surface area contributed by atoms with Crippen LogP contribution in [0.1, 0.15) is 37.8 Å². The zero-order valence-electron chi connectivity index (χ0n) is 20.5. The maximum absolute atomic E-state index is 13.5. The summed E-state index contributed by atoms with van der Waals surface area (Å²) in [6, 6.07) is 4.31. The summed E-state index contributed by atoms with van der Waals surface area (Å²) in [6.45, 7) is 4.30. The second-order valence-electron chi connectivity index (χ2n) is 9.98. The summed E-state index contributed by atoms with van der Waals surface area (Å²) < 4.78 is 0. The van der Waals surface area contributed by atoms with E-state index in [0.29, 0.717) is 18.5 Å². The lowest BCUT2D eigenvalue weighted by atomic mass is 9.68. The Hall–Kier alpha value is -3.60. The van der Waals surface area contributed by atoms with Gasteiger partial charge in [-0.2, -0.15) is 0 Å². The van der Waals surface area contributed by atoms with E-state index in [0.717, 1.165) is 27.5 Å². The molecule has 36 heavy (non-hydrogen) atoms. The van der Waals surface area contributed by atoms with Gasteiger partial charge >= 0.3 is 6.03 Å². The van der Waals surface area contributed by atoms with Crippen LogP contribution in [0.5, 0.6) is 0 Å². The molecule has 3 fully saturated rings. The normalized spacial score (nSPS) is 24.8. The molecule has 4 aliphatic heterocycles. The van der Waals surface area contributed by atoms with Gasteiger partial charge in [0.1, 0.15) is 5.57 Å². The van der Waals surface area contributed by atoms with Crippen molar-refractivity contribution in [2.24, 2.45) is 5.41 Å². The number of anilines is 1. The Morgan fingerprint density at radius 2 is 1.75 bits per heavy atom. The largest absolute Gasteiger partial charge is 0.367 e. The Morgan fingerprint density at radius 3 is 2.39 bits per heavy atom. The van der Waals surface area contributed by atoms with Crippen LogP contribution in [0.4, 0.5) is 10.5 Å². The quantitative estimate of drug-likeness (QED) is 0.277. The number of carbonyl (C=O) groups is 5. The molecular weight excluding hydrogens is 482 g/mol. The van der Waals surface area contributed by atoms with Crippen LogP contribution in [-0.2, 0) is 25.6 Å². The van der Waals surface area contributed by atoms with Gasteiger partial charge in [0.05, 0.1) is 6.04 Å². The number of urea groups is 1. The maximum atomic E-state index is 13.5. The maximum Gasteiger partial charge on any atom is 0.332 e. The van der Waals surface area contributed by atoms with Crippen molar-refractivity contribution in [3.63, 3.8) is 0 Å². The molecule has 1 atom stereocenters. The van der Waals surface area contributed by atoms with E-state index in [2.05, 4.69) is 10.2 Å². The molecule has 0 bridgehead atoms. The van der Waals surface area contributed by atoms with Crippen LogP contribution in [0.25, 0.3) is 6.08 Å². The summed E-state index contributed by atoms with van der Waals surface area (Å²) in [7, 11) is 2.81. The summed E-state index contributed by atoms with van der Waals surface area (Å²) >= 11 is 5.16. The number of rotatable bonds is 2. The van der Waals surface area contributed by atoms with Crippen molar-refractivity contribution in [3.8, 4) is 0 Å². The lowest BCUT2D eigenvalue weighted by molar-refractivity contribution is -0.159. The van der Waals surface area contributed by atoms with E-state index in [-0.39, 0.29) is 29.2 Å². The van der Waals surface area contributed by atoms with Gasteiger partial charge in [0.15, 0.2) is 10.5 Å². The van der Waals surface area contributed by atoms with Crippen LogP contribution in [-0.4, -0.2) is 82.2 Å². The van der Waals surface area contributed by atoms with E-state index >= 15 is 0 Å². The van der Waals surface area contributed by atoms with Crippen LogP contribution in [0.15, 0.2) is 23.8 Å². The fraction of sp³-hybridized carbons (Fsp3) is 0.440. The SMILES string of the molecule is CC(C)N1C(=O)/C(=C\c2ccc3c(c2)CC2(C(=O)N(C)C(=O)N(C)C2=O)[C@H]2CCCN32)C(=O)NC1=S. The van der Waals surface area contributed by atoms with E-state index in [1.807, 2.05) is 18.2 Å². The van der Waals surface area contributed by atoms with Crippen molar-refractivity contribution in [2.75, 3.05) is 25.5 Å². The second kappa shape index (κ2) is 8.22. The number of thiocarbonyl (C=S) groups is 1. The van der Waals surface area contributed by atoms with Crippen LogP contribution < -0.4 is 10.2 Å². The molecule has 0 saturated carbocycles. The number of imide groups is 2. The van der Waals surface area contributed by atoms with E-state index in [9.17, 15) is 24.0 Å². The van der Waals surface area contributed by atoms with Crippen LogP contribution in [0.3, 0.4) is 0 Å². The third kappa shape index (κ3) is 3.22. The molecule has 10 nitrogen and oxygen atoms in total. The third-order valence-corrected chi connectivity index (χ3v) is 7.91. The van der Waals surface area contributed by atoms with Crippen LogP contribution >= 0.6 is 12.2 Å². The monoisotopic (exact) mass is 509 g/mol. The first-order valence-corrected chi connectivity index (χ1v) is 12.3. The van der Waals surface area contributed by atoms with Gasteiger partial charge < -0.3 is 4.90 Å². The molecule has 0 aliphatic carbocycles. The molecule has 3 saturated heterocycles. The summed E-state index contributed by atoms with van der Waals surface area (Å²) in [5, 5.41) is 2.64. The van der Waals surface area contributed by atoms with E-state index < -0.39 is 35.1 Å². The number of barbiturate groups is 1. The lowest BCUT2D eigenvalue weighted by Crippen LogP contribution is -2.70. The number of benzene rings is 1. The van der Waals surface area contributed by atoms with Gasteiger partial charge in [-0.1, -0.05) is 6.07 Å². The van der Waals surface area contributed by atoms with E-state index in [4.69, 9.17) is 12.2 Å². The van der Waals surface area contributed by atoms with Crippen LogP contribution in [0, 0.1) is 5.41 Å². The molecule has 11 heteroatoms. The average Bonchev–Trinajstić information content (AvgIpc) is 3.33. The predicted octanol–water partition coefficient (Wildman–Crippen LogP) is 1.28. The van der Waals surface area contributed by atoms with Crippen molar-refractivity contribution in [1.82, 2.24) is 20.0 Å². The van der Waals surface area contributed by atoms with Crippen molar-refractivity contribution in [2.45, 2.75) is 45.2 Å². The highest BCUT2D eigenvalue weighted by Crippen LogP contribution is 2.49. The Morgan fingerprint density at radius 1 is 1.08 bits per heavy atom. The first-order chi connectivity index (χ1) is 17.0. The molecule has 4 heterocycles. The fourth-order valence-corrected chi connectivity index (χ4v) is 6.32. The highest BCUT2D eigenvalue weighted by Gasteiger charge is 2.63. The van der Waals surface area contributed by atoms with Crippen molar-refractivity contribution >= 4 is 58.8 Å². The third-order valence-electron chi connectivity index (χ3n) is 7.61. The molecule has 0 radical (unpaired) electrons. The Kier molecular flexibility index (Phi) is 5.51. The van der Waals surface area contributed by atoms with Crippen molar-refractivity contribution in [3.05, 3.63) is 34.9 Å². The van der Waals surface area contributed by atoms with Gasteiger partial charge in [-0.3, -0.25) is 39.2 Å². The minimum atomic E-state index is -1.41. The zero-order chi connectivity index (χ0) is 26.1. The standard InChI is InChI=1S/C25H27N5O5S/c1-13(2)30-20(32)16(19(31)26-23(30)36)11-14-7-8-17-15(10-14)12-25(18-6-5-9-29(17)18)21(33)27(3)24(35)28(4)22(25)34/h7-8,10-11,13,18H,5-6,9,12H2,1-4H3,(H,26,31,36)/b16-11-/t18-/m1/s1. The van der Waals surface area contributed by atoms with Gasteiger partial charge in [-0.05, 0) is 74.7 Å². The Labute approximate surface area is 213 Å². The van der Waals surface area contributed by atoms with E-state index in [1.165, 1.54) is 25.1 Å². The van der Waals surface area contributed by atoms with Crippen LogP contribution in [0.2, 0.25) is 0 Å². The minimum absolute atomic E-state index is 0.0447. The molecule has 0 aromatic heterocycles. The number of amides is 6. The molecule has 6 amide bonds. The highest BCUT2D eigenvalue weighted by molar-refractivity contribution is 7.80. The number of nitrogens with one attached hydrogen (secondary N) is 1. The highest BCUT2D eigenvalue weighted by atomic mass is 32.1. The van der Waals surface area contributed by atoms with Gasteiger partial charge in [0, 0.05) is 32.4 Å². The Bertz CT molecular complexity index is 1260. The van der Waals surface area contributed by atoms with Gasteiger partial charge in [-0.25, -0.2) is 4.79 Å². The lowest BCUT2D eigenvalue weighted by Gasteiger charge is -2.50. The number of carbonyl (C=O) groups excluding carboxylic acids is 5. The number of hydrogen-bond acceptors (Lipinski definition) is 7. The Balaban J connectivity index is 1.59. The summed E-state index contributed by atoms with van der Waals surface area (Å²) in [5.74, 6) is -2.04. The molecular formula is C25H27N5O5S. The van der Waals surface area contributed by atoms with E-state index in [1.54, 1.807) is 13.8 Å². The zero-order valence-corrected chi connectivity index (χ0v) is 21.3. The number of hydrogen-bond donors (Lipinski definition) is 1. The fourth-order valence-electron chi connectivity index (χ4n) is 5.93. The molecule has 188 valence electrons. The minimum Gasteiger partial charge on any atom is -0.367 e. The number of fused-ring (bicyclic) bond motifs is 4. The molecule has 4 aliphatic rings. The average molecular weight is 510 g/mol. The molecule has 0 unspecified atom stereocenters. The van der Waals surface area contributed by atoms with Crippen molar-refractivity contribution in [1.29, 1.82) is 0 Å². The molecule has 1 aromatic carbocycles. The predicted molar refractivity (Wildman–Crippen MR) is 135 cm³/mol. The molecule has 1 N–H and O–H groups in total. The van der Waals surface area contributed by atoms with Gasteiger partial charge in [-0.15, -0.1) is 0 Å². The molecule has 1 spiro atoms. The van der Waals surface area contributed by atoms with Crippen molar-refractivity contribution < 1.29 is 24.0 Å². The summed E-state index contributed by atoms with van der Waals surface area (Å²) in [5.41, 5.74) is 0.797. The first-order valence-electron chi connectivity index (χ1n) is 11.9. The topological polar surface area (TPSA) is 110 Å². The smallest absolute Gasteiger partial charge is 0.332 e. The second-order valence-corrected chi connectivity index (χ2v) is 10.4.